The monoisotopic (exact) mass is 294 g/mol. The van der Waals surface area contributed by atoms with E-state index in [-0.39, 0.29) is 25.4 Å². The van der Waals surface area contributed by atoms with Crippen LogP contribution in [-0.4, -0.2) is 56.9 Å². The number of nitrogens with zero attached hydrogens (tertiary/aromatic N) is 1. The Morgan fingerprint density at radius 3 is 2.80 bits per heavy atom. The first-order chi connectivity index (χ1) is 9.40. The minimum Gasteiger partial charge on any atom is -0.384 e. The summed E-state index contributed by atoms with van der Waals surface area (Å²) in [4.78, 5) is 13.8. The predicted octanol–water partition coefficient (Wildman–Crippen LogP) is 1.41. The molecule has 116 valence electrons. The van der Waals surface area contributed by atoms with Crippen LogP contribution in [0.4, 0.5) is 13.2 Å². The SMILES string of the molecule is COCC1CCCN(C(=O)C2(C(F)(F)F)CCNC2)C1. The molecule has 1 amide bonds. The van der Waals surface area contributed by atoms with E-state index >= 15 is 0 Å². The molecule has 20 heavy (non-hydrogen) atoms. The molecule has 0 aromatic rings. The van der Waals surface area contributed by atoms with Crippen LogP contribution < -0.4 is 5.32 Å². The number of nitrogens with one attached hydrogen (secondary N) is 1. The first-order valence-corrected chi connectivity index (χ1v) is 6.96. The van der Waals surface area contributed by atoms with E-state index in [4.69, 9.17) is 4.74 Å². The number of carbonyl (C=O) groups excluding carboxylic acids is 1. The maximum Gasteiger partial charge on any atom is 0.404 e. The van der Waals surface area contributed by atoms with E-state index in [0.29, 0.717) is 19.7 Å². The Hall–Kier alpha value is -0.820. The van der Waals surface area contributed by atoms with Crippen LogP contribution in [0.2, 0.25) is 0 Å². The predicted molar refractivity (Wildman–Crippen MR) is 67.2 cm³/mol. The minimum absolute atomic E-state index is 0.136. The summed E-state index contributed by atoms with van der Waals surface area (Å²) in [7, 11) is 1.57. The quantitative estimate of drug-likeness (QED) is 0.856. The number of piperidine rings is 1. The van der Waals surface area contributed by atoms with Crippen LogP contribution >= 0.6 is 0 Å². The second-order valence-corrected chi connectivity index (χ2v) is 5.72. The van der Waals surface area contributed by atoms with Crippen molar-refractivity contribution >= 4 is 5.91 Å². The third kappa shape index (κ3) is 2.79. The van der Waals surface area contributed by atoms with E-state index < -0.39 is 17.5 Å². The third-order valence-corrected chi connectivity index (χ3v) is 4.32. The number of amides is 1. The van der Waals surface area contributed by atoms with Gasteiger partial charge in [0, 0.05) is 26.7 Å². The van der Waals surface area contributed by atoms with Gasteiger partial charge in [0.15, 0.2) is 5.41 Å². The summed E-state index contributed by atoms with van der Waals surface area (Å²) in [6, 6.07) is 0. The van der Waals surface area contributed by atoms with Gasteiger partial charge in [0.25, 0.3) is 0 Å². The summed E-state index contributed by atoms with van der Waals surface area (Å²) >= 11 is 0. The van der Waals surface area contributed by atoms with E-state index in [1.165, 1.54) is 4.90 Å². The molecule has 2 fully saturated rings. The third-order valence-electron chi connectivity index (χ3n) is 4.32. The van der Waals surface area contributed by atoms with Crippen molar-refractivity contribution in [1.29, 1.82) is 0 Å². The number of methoxy groups -OCH3 is 1. The lowest BCUT2D eigenvalue weighted by atomic mass is 9.83. The van der Waals surface area contributed by atoms with E-state index in [2.05, 4.69) is 5.32 Å². The van der Waals surface area contributed by atoms with Crippen molar-refractivity contribution in [2.75, 3.05) is 39.9 Å². The molecular weight excluding hydrogens is 273 g/mol. The van der Waals surface area contributed by atoms with Crippen LogP contribution in [0.25, 0.3) is 0 Å². The molecule has 4 nitrogen and oxygen atoms in total. The van der Waals surface area contributed by atoms with Gasteiger partial charge in [-0.3, -0.25) is 4.79 Å². The second kappa shape index (κ2) is 5.89. The fourth-order valence-corrected chi connectivity index (χ4v) is 3.16. The average Bonchev–Trinajstić information content (AvgIpc) is 2.89. The smallest absolute Gasteiger partial charge is 0.384 e. The Kier molecular flexibility index (Phi) is 4.59. The van der Waals surface area contributed by atoms with Crippen molar-refractivity contribution in [1.82, 2.24) is 10.2 Å². The topological polar surface area (TPSA) is 41.6 Å². The fourth-order valence-electron chi connectivity index (χ4n) is 3.16. The molecule has 0 bridgehead atoms. The molecule has 0 aromatic carbocycles. The summed E-state index contributed by atoms with van der Waals surface area (Å²) in [5.41, 5.74) is -2.23. The standard InChI is InChI=1S/C13H21F3N2O2/c1-20-8-10-3-2-6-18(7-10)11(19)12(13(14,15)16)4-5-17-9-12/h10,17H,2-9H2,1H3. The molecule has 2 saturated heterocycles. The minimum atomic E-state index is -4.50. The van der Waals surface area contributed by atoms with Crippen molar-refractivity contribution in [3.63, 3.8) is 0 Å². The Morgan fingerprint density at radius 1 is 1.50 bits per heavy atom. The molecule has 0 spiro atoms. The summed E-state index contributed by atoms with van der Waals surface area (Å²) in [5.74, 6) is -0.631. The van der Waals surface area contributed by atoms with E-state index in [9.17, 15) is 18.0 Å². The zero-order chi connectivity index (χ0) is 14.8. The summed E-state index contributed by atoms with van der Waals surface area (Å²) in [6.45, 7) is 1.20. The molecule has 2 aliphatic heterocycles. The van der Waals surface area contributed by atoms with E-state index in [1.54, 1.807) is 7.11 Å². The number of alkyl halides is 3. The molecule has 2 heterocycles. The largest absolute Gasteiger partial charge is 0.404 e. The van der Waals surface area contributed by atoms with E-state index in [0.717, 1.165) is 12.8 Å². The normalized spacial score (nSPS) is 31.6. The van der Waals surface area contributed by atoms with Crippen LogP contribution in [0.1, 0.15) is 19.3 Å². The molecule has 2 atom stereocenters. The Morgan fingerprint density at radius 2 is 2.25 bits per heavy atom. The van der Waals surface area contributed by atoms with Crippen LogP contribution in [0.3, 0.4) is 0 Å². The Labute approximate surface area is 116 Å². The maximum atomic E-state index is 13.4. The Bertz CT molecular complexity index is 352. The highest BCUT2D eigenvalue weighted by atomic mass is 19.4. The van der Waals surface area contributed by atoms with Crippen LogP contribution in [0, 0.1) is 11.3 Å². The second-order valence-electron chi connectivity index (χ2n) is 5.72. The van der Waals surface area contributed by atoms with Crippen LogP contribution in [0.5, 0.6) is 0 Å². The number of ether oxygens (including phenoxy) is 1. The molecule has 2 aliphatic rings. The lowest BCUT2D eigenvalue weighted by Crippen LogP contribution is -2.55. The van der Waals surface area contributed by atoms with Crippen molar-refractivity contribution in [3.8, 4) is 0 Å². The highest BCUT2D eigenvalue weighted by molar-refractivity contribution is 5.84. The molecular formula is C13H21F3N2O2. The summed E-state index contributed by atoms with van der Waals surface area (Å²) in [6.07, 6.45) is -3.03. The van der Waals surface area contributed by atoms with Crippen molar-refractivity contribution in [2.24, 2.45) is 11.3 Å². The van der Waals surface area contributed by atoms with Gasteiger partial charge in [-0.1, -0.05) is 0 Å². The van der Waals surface area contributed by atoms with Gasteiger partial charge in [0.05, 0.1) is 6.61 Å². The van der Waals surface area contributed by atoms with Crippen molar-refractivity contribution < 1.29 is 22.7 Å². The molecule has 7 heteroatoms. The van der Waals surface area contributed by atoms with Gasteiger partial charge in [-0.15, -0.1) is 0 Å². The van der Waals surface area contributed by atoms with Crippen molar-refractivity contribution in [2.45, 2.75) is 25.4 Å². The lowest BCUT2D eigenvalue weighted by Gasteiger charge is -2.39. The van der Waals surface area contributed by atoms with Gasteiger partial charge < -0.3 is 15.0 Å². The maximum absolute atomic E-state index is 13.4. The zero-order valence-electron chi connectivity index (χ0n) is 11.6. The Balaban J connectivity index is 2.12. The van der Waals surface area contributed by atoms with Gasteiger partial charge >= 0.3 is 6.18 Å². The van der Waals surface area contributed by atoms with Gasteiger partial charge in [0.1, 0.15) is 0 Å². The van der Waals surface area contributed by atoms with Crippen LogP contribution in [-0.2, 0) is 9.53 Å². The molecule has 1 N–H and O–H groups in total. The van der Waals surface area contributed by atoms with E-state index in [1.807, 2.05) is 0 Å². The highest BCUT2D eigenvalue weighted by Gasteiger charge is 2.62. The fraction of sp³-hybridized carbons (Fsp3) is 0.923. The number of halogens is 3. The van der Waals surface area contributed by atoms with Gasteiger partial charge in [-0.25, -0.2) is 0 Å². The summed E-state index contributed by atoms with van der Waals surface area (Å²) in [5, 5.41) is 2.68. The summed E-state index contributed by atoms with van der Waals surface area (Å²) < 4.78 is 45.1. The molecule has 0 radical (unpaired) electrons. The lowest BCUT2D eigenvalue weighted by molar-refractivity contribution is -0.222. The number of carbonyl (C=O) groups is 1. The first kappa shape index (κ1) is 15.6. The van der Waals surface area contributed by atoms with Gasteiger partial charge in [-0.2, -0.15) is 13.2 Å². The number of hydrogen-bond acceptors (Lipinski definition) is 3. The van der Waals surface area contributed by atoms with Crippen molar-refractivity contribution in [3.05, 3.63) is 0 Å². The molecule has 2 rings (SSSR count). The van der Waals surface area contributed by atoms with Crippen LogP contribution in [0.15, 0.2) is 0 Å². The molecule has 2 unspecified atom stereocenters. The number of likely N-dealkylation sites (tertiary alicyclic amines) is 1. The van der Waals surface area contributed by atoms with Gasteiger partial charge in [-0.05, 0) is 31.7 Å². The average molecular weight is 294 g/mol. The molecule has 0 aliphatic carbocycles. The zero-order valence-corrected chi connectivity index (χ0v) is 11.6. The number of hydrogen-bond donors (Lipinski definition) is 1. The molecule has 0 aromatic heterocycles. The number of rotatable bonds is 3. The highest BCUT2D eigenvalue weighted by Crippen LogP contribution is 2.44. The molecule has 0 saturated carbocycles. The first-order valence-electron chi connectivity index (χ1n) is 6.96. The van der Waals surface area contributed by atoms with Gasteiger partial charge in [0.2, 0.25) is 5.91 Å².